The fourth-order valence-electron chi connectivity index (χ4n) is 2.04. The van der Waals surface area contributed by atoms with E-state index in [1.807, 2.05) is 44.2 Å². The molecule has 2 aromatic rings. The van der Waals surface area contributed by atoms with Gasteiger partial charge in [-0.15, -0.1) is 0 Å². The summed E-state index contributed by atoms with van der Waals surface area (Å²) in [6.45, 7) is 4.58. The Labute approximate surface area is 134 Å². The van der Waals surface area contributed by atoms with E-state index >= 15 is 0 Å². The number of carbonyl (C=O) groups is 1. The van der Waals surface area contributed by atoms with Crippen LogP contribution >= 0.6 is 12.2 Å². The van der Waals surface area contributed by atoms with Crippen molar-refractivity contribution in [1.82, 2.24) is 15.1 Å². The van der Waals surface area contributed by atoms with Crippen LogP contribution in [0, 0.1) is 0 Å². The lowest BCUT2D eigenvalue weighted by atomic mass is 10.1. The second-order valence-electron chi connectivity index (χ2n) is 4.84. The summed E-state index contributed by atoms with van der Waals surface area (Å²) in [4.78, 5) is 11.4. The highest BCUT2D eigenvalue weighted by Crippen LogP contribution is 2.15. The molecule has 6 nitrogen and oxygen atoms in total. The monoisotopic (exact) mass is 317 g/mol. The van der Waals surface area contributed by atoms with E-state index < -0.39 is 5.91 Å². The molecule has 22 heavy (non-hydrogen) atoms. The second-order valence-corrected chi connectivity index (χ2v) is 5.25. The number of thiocarbonyl (C=S) groups is 1. The topological polar surface area (TPSA) is 85.0 Å². The van der Waals surface area contributed by atoms with Crippen molar-refractivity contribution < 1.29 is 4.79 Å². The van der Waals surface area contributed by atoms with Crippen molar-refractivity contribution in [2.75, 3.05) is 5.32 Å². The van der Waals surface area contributed by atoms with Crippen LogP contribution in [0.3, 0.4) is 0 Å². The van der Waals surface area contributed by atoms with Gasteiger partial charge >= 0.3 is 0 Å². The summed E-state index contributed by atoms with van der Waals surface area (Å²) in [5.74, 6) is -0.589. The minimum Gasteiger partial charge on any atom is -0.364 e. The fraction of sp³-hybridized carbons (Fsp3) is 0.267. The maximum Gasteiger partial charge on any atom is 0.271 e. The van der Waals surface area contributed by atoms with Gasteiger partial charge in [0.2, 0.25) is 0 Å². The zero-order valence-electron chi connectivity index (χ0n) is 12.5. The number of hydrogen-bond acceptors (Lipinski definition) is 3. The van der Waals surface area contributed by atoms with E-state index in [1.54, 1.807) is 10.9 Å². The summed E-state index contributed by atoms with van der Waals surface area (Å²) in [5.41, 5.74) is 7.13. The minimum absolute atomic E-state index is 0.0412. The summed E-state index contributed by atoms with van der Waals surface area (Å²) in [6.07, 6.45) is 1.71. The average Bonchev–Trinajstić information content (AvgIpc) is 2.91. The Morgan fingerprint density at radius 3 is 2.68 bits per heavy atom. The molecule has 0 bridgehead atoms. The summed E-state index contributed by atoms with van der Waals surface area (Å²) < 4.78 is 1.63. The van der Waals surface area contributed by atoms with Crippen LogP contribution in [0.1, 0.15) is 35.9 Å². The predicted octanol–water partition coefficient (Wildman–Crippen LogP) is 2.05. The molecule has 0 fully saturated rings. The van der Waals surface area contributed by atoms with Crippen LogP contribution in [0.15, 0.2) is 36.5 Å². The molecule has 0 radical (unpaired) electrons. The van der Waals surface area contributed by atoms with Crippen molar-refractivity contribution in [1.29, 1.82) is 0 Å². The molecule has 1 aromatic carbocycles. The van der Waals surface area contributed by atoms with Gasteiger partial charge in [0.25, 0.3) is 5.91 Å². The number of hydrogen-bond donors (Lipinski definition) is 3. The molecule has 0 aliphatic carbocycles. The Bertz CT molecular complexity index is 668. The largest absolute Gasteiger partial charge is 0.364 e. The van der Waals surface area contributed by atoms with Crippen LogP contribution in [-0.2, 0) is 6.54 Å². The smallest absolute Gasteiger partial charge is 0.271 e. The number of nitrogens with one attached hydrogen (secondary N) is 2. The van der Waals surface area contributed by atoms with Crippen molar-refractivity contribution in [3.8, 4) is 0 Å². The molecular weight excluding hydrogens is 298 g/mol. The van der Waals surface area contributed by atoms with Crippen LogP contribution in [0.25, 0.3) is 0 Å². The molecule has 0 aliphatic heterocycles. The van der Waals surface area contributed by atoms with Crippen LogP contribution in [0.4, 0.5) is 5.69 Å². The number of benzene rings is 1. The van der Waals surface area contributed by atoms with E-state index in [-0.39, 0.29) is 11.7 Å². The molecule has 1 aromatic heterocycles. The number of amides is 1. The third kappa shape index (κ3) is 3.82. The molecule has 4 N–H and O–H groups in total. The van der Waals surface area contributed by atoms with Crippen molar-refractivity contribution >= 4 is 28.9 Å². The lowest BCUT2D eigenvalue weighted by Gasteiger charge is -2.17. The quantitative estimate of drug-likeness (QED) is 0.735. The SMILES string of the molecule is CCn1cc(NC(=S)NC(C)c2ccccc2)c(C(N)=O)n1. The number of anilines is 1. The molecule has 0 saturated heterocycles. The molecule has 116 valence electrons. The molecule has 0 aliphatic rings. The first-order chi connectivity index (χ1) is 10.5. The highest BCUT2D eigenvalue weighted by molar-refractivity contribution is 7.80. The Hall–Kier alpha value is -2.41. The van der Waals surface area contributed by atoms with Crippen molar-refractivity contribution in [2.45, 2.75) is 26.4 Å². The number of nitrogens with two attached hydrogens (primary N) is 1. The number of primary amides is 1. The molecule has 1 unspecified atom stereocenters. The van der Waals surface area contributed by atoms with Gasteiger partial charge in [-0.05, 0) is 31.6 Å². The number of aromatic nitrogens is 2. The first-order valence-electron chi connectivity index (χ1n) is 7.01. The maximum absolute atomic E-state index is 11.4. The van der Waals surface area contributed by atoms with Gasteiger partial charge in [0.1, 0.15) is 0 Å². The van der Waals surface area contributed by atoms with E-state index in [4.69, 9.17) is 18.0 Å². The zero-order chi connectivity index (χ0) is 16.1. The number of aryl methyl sites for hydroxylation is 1. The van der Waals surface area contributed by atoms with E-state index in [9.17, 15) is 4.79 Å². The molecule has 0 spiro atoms. The zero-order valence-corrected chi connectivity index (χ0v) is 13.4. The number of carbonyl (C=O) groups excluding carboxylic acids is 1. The van der Waals surface area contributed by atoms with Gasteiger partial charge in [0.15, 0.2) is 10.8 Å². The first kappa shape index (κ1) is 16.0. The van der Waals surface area contributed by atoms with E-state index in [1.165, 1.54) is 0 Å². The first-order valence-corrected chi connectivity index (χ1v) is 7.41. The Morgan fingerprint density at radius 2 is 2.09 bits per heavy atom. The minimum atomic E-state index is -0.589. The van der Waals surface area contributed by atoms with Gasteiger partial charge in [-0.3, -0.25) is 9.48 Å². The number of nitrogens with zero attached hydrogens (tertiary/aromatic N) is 2. The second kappa shape index (κ2) is 7.04. The third-order valence-electron chi connectivity index (χ3n) is 3.21. The summed E-state index contributed by atoms with van der Waals surface area (Å²) in [5, 5.41) is 10.7. The molecule has 1 atom stereocenters. The van der Waals surface area contributed by atoms with Gasteiger partial charge in [0, 0.05) is 12.7 Å². The van der Waals surface area contributed by atoms with Gasteiger partial charge in [-0.2, -0.15) is 5.10 Å². The molecule has 1 heterocycles. The summed E-state index contributed by atoms with van der Waals surface area (Å²) in [6, 6.07) is 9.99. The van der Waals surface area contributed by atoms with Crippen molar-refractivity contribution in [2.24, 2.45) is 5.73 Å². The average molecular weight is 317 g/mol. The number of rotatable bonds is 5. The maximum atomic E-state index is 11.4. The normalized spacial score (nSPS) is 11.7. The van der Waals surface area contributed by atoms with Crippen LogP contribution in [0.2, 0.25) is 0 Å². The Balaban J connectivity index is 2.06. The van der Waals surface area contributed by atoms with Gasteiger partial charge in [0.05, 0.1) is 11.7 Å². The Morgan fingerprint density at radius 1 is 1.41 bits per heavy atom. The van der Waals surface area contributed by atoms with Gasteiger partial charge in [-0.25, -0.2) is 0 Å². The predicted molar refractivity (Wildman–Crippen MR) is 90.6 cm³/mol. The van der Waals surface area contributed by atoms with Crippen LogP contribution < -0.4 is 16.4 Å². The lowest BCUT2D eigenvalue weighted by Crippen LogP contribution is -2.31. The van der Waals surface area contributed by atoms with Crippen molar-refractivity contribution in [3.63, 3.8) is 0 Å². The highest BCUT2D eigenvalue weighted by atomic mass is 32.1. The van der Waals surface area contributed by atoms with Gasteiger partial charge in [-0.1, -0.05) is 30.3 Å². The van der Waals surface area contributed by atoms with E-state index in [0.717, 1.165) is 5.56 Å². The third-order valence-corrected chi connectivity index (χ3v) is 3.43. The lowest BCUT2D eigenvalue weighted by molar-refractivity contribution is 0.0995. The van der Waals surface area contributed by atoms with Crippen LogP contribution in [-0.4, -0.2) is 20.8 Å². The fourth-order valence-corrected chi connectivity index (χ4v) is 2.32. The molecule has 1 amide bonds. The Kier molecular flexibility index (Phi) is 5.11. The van der Waals surface area contributed by atoms with E-state index in [2.05, 4.69) is 15.7 Å². The standard InChI is InChI=1S/C15H19N5OS/c1-3-20-9-12(13(19-20)14(16)21)18-15(22)17-10(2)11-7-5-4-6-8-11/h4-10H,3H2,1-2H3,(H2,16,21)(H2,17,18,22). The molecular formula is C15H19N5OS. The summed E-state index contributed by atoms with van der Waals surface area (Å²) >= 11 is 5.29. The van der Waals surface area contributed by atoms with Crippen molar-refractivity contribution in [3.05, 3.63) is 47.8 Å². The van der Waals surface area contributed by atoms with E-state index in [0.29, 0.717) is 17.3 Å². The molecule has 2 rings (SSSR count). The summed E-state index contributed by atoms with van der Waals surface area (Å²) in [7, 11) is 0. The van der Waals surface area contributed by atoms with Crippen LogP contribution in [0.5, 0.6) is 0 Å². The highest BCUT2D eigenvalue weighted by Gasteiger charge is 2.15. The van der Waals surface area contributed by atoms with Gasteiger partial charge < -0.3 is 16.4 Å². The molecule has 7 heteroatoms. The molecule has 0 saturated carbocycles.